The molecule has 0 bridgehead atoms. The van der Waals surface area contributed by atoms with Gasteiger partial charge in [0.15, 0.2) is 0 Å². The monoisotopic (exact) mass is 358 g/mol. The number of aryl methyl sites for hydroxylation is 4. The molecule has 0 unspecified atom stereocenters. The lowest BCUT2D eigenvalue weighted by Gasteiger charge is -2.04. The van der Waals surface area contributed by atoms with Crippen molar-refractivity contribution in [2.75, 3.05) is 0 Å². The predicted octanol–water partition coefficient (Wildman–Crippen LogP) is 2.60. The van der Waals surface area contributed by atoms with Crippen LogP contribution in [0.5, 0.6) is 0 Å². The van der Waals surface area contributed by atoms with Crippen LogP contribution >= 0.6 is 21.6 Å². The number of nitrogens with zero attached hydrogens (tertiary/aromatic N) is 8. The molecule has 10 heteroatoms. The molecular formula is C14H14N8S2. The number of hydrogen-bond acceptors (Lipinski definition) is 8. The van der Waals surface area contributed by atoms with Crippen molar-refractivity contribution < 1.29 is 0 Å². The molecule has 0 saturated carbocycles. The van der Waals surface area contributed by atoms with Gasteiger partial charge in [0.05, 0.1) is 0 Å². The molecule has 4 rings (SSSR count). The zero-order valence-corrected chi connectivity index (χ0v) is 15.2. The molecule has 0 amide bonds. The topological polar surface area (TPSA) is 86.2 Å². The molecule has 24 heavy (non-hydrogen) atoms. The largest absolute Gasteiger partial charge is 0.258 e. The van der Waals surface area contributed by atoms with Crippen LogP contribution < -0.4 is 0 Å². The maximum absolute atomic E-state index is 4.40. The number of hydrogen-bond donors (Lipinski definition) is 0. The first-order valence-electron chi connectivity index (χ1n) is 7.26. The minimum Gasteiger partial charge on any atom is -0.258 e. The smallest absolute Gasteiger partial charge is 0.256 e. The van der Waals surface area contributed by atoms with E-state index in [1.54, 1.807) is 0 Å². The third-order valence-corrected chi connectivity index (χ3v) is 5.57. The van der Waals surface area contributed by atoms with E-state index in [1.807, 2.05) is 48.6 Å². The Morgan fingerprint density at radius 1 is 0.667 bits per heavy atom. The van der Waals surface area contributed by atoms with Crippen LogP contribution in [0.25, 0.3) is 11.6 Å². The molecule has 0 aromatic carbocycles. The minimum atomic E-state index is 0.607. The lowest BCUT2D eigenvalue weighted by molar-refractivity contribution is 0.885. The Bertz CT molecular complexity index is 982. The van der Waals surface area contributed by atoms with Crippen molar-refractivity contribution in [3.63, 3.8) is 0 Å². The van der Waals surface area contributed by atoms with Gasteiger partial charge in [0, 0.05) is 22.8 Å². The molecule has 8 nitrogen and oxygen atoms in total. The molecule has 0 saturated heterocycles. The summed E-state index contributed by atoms with van der Waals surface area (Å²) in [5, 5.41) is 18.3. The van der Waals surface area contributed by atoms with Crippen molar-refractivity contribution in [1.29, 1.82) is 0 Å². The van der Waals surface area contributed by atoms with E-state index in [1.165, 1.54) is 21.6 Å². The van der Waals surface area contributed by atoms with E-state index >= 15 is 0 Å². The van der Waals surface area contributed by atoms with E-state index in [4.69, 9.17) is 0 Å². The zero-order chi connectivity index (χ0) is 16.8. The molecule has 0 aliphatic heterocycles. The van der Waals surface area contributed by atoms with Gasteiger partial charge in [-0.1, -0.05) is 0 Å². The lowest BCUT2D eigenvalue weighted by Crippen LogP contribution is -1.98. The summed E-state index contributed by atoms with van der Waals surface area (Å²) in [7, 11) is 2.95. The summed E-state index contributed by atoms with van der Waals surface area (Å²) in [5.41, 5.74) is 3.95. The summed E-state index contributed by atoms with van der Waals surface area (Å²) in [5.74, 6) is 1.21. The Balaban J connectivity index is 1.69. The quantitative estimate of drug-likeness (QED) is 0.517. The van der Waals surface area contributed by atoms with Crippen molar-refractivity contribution >= 4 is 33.1 Å². The van der Waals surface area contributed by atoms with Crippen LogP contribution in [0.1, 0.15) is 22.8 Å². The van der Waals surface area contributed by atoms with Crippen LogP contribution in [-0.4, -0.2) is 39.2 Å². The van der Waals surface area contributed by atoms with Crippen LogP contribution in [0.2, 0.25) is 0 Å². The number of aromatic nitrogens is 8. The maximum atomic E-state index is 4.40. The summed E-state index contributed by atoms with van der Waals surface area (Å²) in [4.78, 5) is 8.80. The van der Waals surface area contributed by atoms with Gasteiger partial charge < -0.3 is 0 Å². The molecule has 0 aliphatic rings. The highest BCUT2D eigenvalue weighted by atomic mass is 33.1. The average molecular weight is 358 g/mol. The lowest BCUT2D eigenvalue weighted by atomic mass is 10.3. The van der Waals surface area contributed by atoms with Crippen molar-refractivity contribution in [3.05, 3.63) is 34.9 Å². The highest BCUT2D eigenvalue weighted by Crippen LogP contribution is 2.36. The van der Waals surface area contributed by atoms with Gasteiger partial charge in [-0.3, -0.25) is 8.80 Å². The van der Waals surface area contributed by atoms with Crippen LogP contribution in [0.15, 0.2) is 22.4 Å². The molecule has 0 spiro atoms. The van der Waals surface area contributed by atoms with Gasteiger partial charge in [0.25, 0.3) is 11.6 Å². The first kappa shape index (κ1) is 15.3. The van der Waals surface area contributed by atoms with E-state index in [-0.39, 0.29) is 0 Å². The van der Waals surface area contributed by atoms with Gasteiger partial charge in [-0.25, -0.2) is 9.97 Å². The second-order valence-electron chi connectivity index (χ2n) is 5.48. The van der Waals surface area contributed by atoms with E-state index < -0.39 is 0 Å². The fraction of sp³-hybridized carbons (Fsp3) is 0.286. The van der Waals surface area contributed by atoms with Gasteiger partial charge in [0.2, 0.25) is 10.3 Å². The standard InChI is InChI=1S/C14H14N8S2/c1-7-5-9(3)21-11(15-7)17-19-13(21)23-24-14-20-18-12-16-8(2)6-10(4)22(12)14/h5-6H,1-4H3. The SMILES string of the molecule is Cc1cc(C)n2c(SSc3nnc4nc(C)cc(C)n34)nnc2n1. The second-order valence-corrected chi connectivity index (χ2v) is 7.54. The molecule has 4 aromatic heterocycles. The normalized spacial score (nSPS) is 11.7. The van der Waals surface area contributed by atoms with E-state index in [0.29, 0.717) is 11.6 Å². The van der Waals surface area contributed by atoms with Gasteiger partial charge >= 0.3 is 0 Å². The van der Waals surface area contributed by atoms with Crippen molar-refractivity contribution in [2.45, 2.75) is 38.0 Å². The summed E-state index contributed by atoms with van der Waals surface area (Å²) in [6.45, 7) is 7.93. The number of fused-ring (bicyclic) bond motifs is 2. The predicted molar refractivity (Wildman–Crippen MR) is 92.2 cm³/mol. The van der Waals surface area contributed by atoms with Crippen molar-refractivity contribution in [1.82, 2.24) is 39.2 Å². The van der Waals surface area contributed by atoms with E-state index in [9.17, 15) is 0 Å². The van der Waals surface area contributed by atoms with Crippen LogP contribution in [-0.2, 0) is 0 Å². The Labute approximate surface area is 145 Å². The summed E-state index contributed by atoms with van der Waals surface area (Å²) in [6.07, 6.45) is 0. The summed E-state index contributed by atoms with van der Waals surface area (Å²) >= 11 is 0. The Hall–Kier alpha value is -2.20. The fourth-order valence-corrected chi connectivity index (χ4v) is 4.58. The molecule has 4 aromatic rings. The number of rotatable bonds is 3. The first-order chi connectivity index (χ1) is 11.5. The third kappa shape index (κ3) is 2.51. The Kier molecular flexibility index (Phi) is 3.65. The molecule has 0 aliphatic carbocycles. The minimum absolute atomic E-state index is 0.607. The van der Waals surface area contributed by atoms with Crippen LogP contribution in [0.4, 0.5) is 0 Å². The maximum Gasteiger partial charge on any atom is 0.256 e. The fourth-order valence-electron chi connectivity index (χ4n) is 2.58. The molecule has 0 atom stereocenters. The van der Waals surface area contributed by atoms with Crippen LogP contribution in [0.3, 0.4) is 0 Å². The highest BCUT2D eigenvalue weighted by molar-refractivity contribution is 8.76. The van der Waals surface area contributed by atoms with Gasteiger partial charge in [-0.15, -0.1) is 20.4 Å². The van der Waals surface area contributed by atoms with Gasteiger partial charge in [0.1, 0.15) is 0 Å². The second kappa shape index (κ2) is 5.71. The van der Waals surface area contributed by atoms with Crippen molar-refractivity contribution in [2.24, 2.45) is 0 Å². The van der Waals surface area contributed by atoms with Crippen molar-refractivity contribution in [3.8, 4) is 0 Å². The average Bonchev–Trinajstić information content (AvgIpc) is 3.08. The molecular weight excluding hydrogens is 344 g/mol. The van der Waals surface area contributed by atoms with E-state index in [0.717, 1.165) is 33.1 Å². The first-order valence-corrected chi connectivity index (χ1v) is 9.41. The molecule has 4 heterocycles. The molecule has 122 valence electrons. The van der Waals surface area contributed by atoms with Gasteiger partial charge in [-0.2, -0.15) is 0 Å². The molecule has 0 radical (unpaired) electrons. The highest BCUT2D eigenvalue weighted by Gasteiger charge is 2.15. The van der Waals surface area contributed by atoms with Gasteiger partial charge in [-0.05, 0) is 61.4 Å². The Morgan fingerprint density at radius 2 is 1.08 bits per heavy atom. The summed E-state index contributed by atoms with van der Waals surface area (Å²) < 4.78 is 3.87. The molecule has 0 fully saturated rings. The molecule has 0 N–H and O–H groups in total. The summed E-state index contributed by atoms with van der Waals surface area (Å²) in [6, 6.07) is 4.02. The third-order valence-electron chi connectivity index (χ3n) is 3.52. The zero-order valence-electron chi connectivity index (χ0n) is 13.5. The van der Waals surface area contributed by atoms with Crippen LogP contribution in [0, 0.1) is 27.7 Å². The Morgan fingerprint density at radius 3 is 1.50 bits per heavy atom. The van der Waals surface area contributed by atoms with E-state index in [2.05, 4.69) is 30.4 Å².